The first-order valence-corrected chi connectivity index (χ1v) is 4.83. The van der Waals surface area contributed by atoms with Gasteiger partial charge in [0.15, 0.2) is 0 Å². The number of halogens is 1. The van der Waals surface area contributed by atoms with Gasteiger partial charge in [-0.25, -0.2) is 4.39 Å². The Bertz CT molecular complexity index is 293. The molecular weight excluding hydrogens is 180 g/mol. The third-order valence-electron chi connectivity index (χ3n) is 2.10. The molecule has 1 rings (SSSR count). The van der Waals surface area contributed by atoms with Crippen LogP contribution in [0.5, 0.6) is 0 Å². The standard InChI is InChI=1S/C10H15BFNO/c1-3-10(13-11(2)14)8-5-4-6-9(12)7-8/h4-7,10,13-14H,3H2,1-2H3. The summed E-state index contributed by atoms with van der Waals surface area (Å²) in [6, 6.07) is 6.44. The zero-order valence-electron chi connectivity index (χ0n) is 8.50. The molecule has 2 N–H and O–H groups in total. The lowest BCUT2D eigenvalue weighted by molar-refractivity contribution is 0.513. The van der Waals surface area contributed by atoms with Crippen molar-refractivity contribution in [2.75, 3.05) is 0 Å². The first-order valence-electron chi connectivity index (χ1n) is 4.83. The van der Waals surface area contributed by atoms with Gasteiger partial charge >= 0.3 is 7.05 Å². The van der Waals surface area contributed by atoms with E-state index >= 15 is 0 Å². The van der Waals surface area contributed by atoms with Gasteiger partial charge in [0.1, 0.15) is 5.82 Å². The molecule has 0 radical (unpaired) electrons. The van der Waals surface area contributed by atoms with Crippen LogP contribution in [0, 0.1) is 5.82 Å². The van der Waals surface area contributed by atoms with Gasteiger partial charge in [-0.05, 0) is 30.9 Å². The molecular formula is C10H15BFNO. The zero-order chi connectivity index (χ0) is 10.6. The highest BCUT2D eigenvalue weighted by atomic mass is 19.1. The fourth-order valence-electron chi connectivity index (χ4n) is 1.46. The average Bonchev–Trinajstić information content (AvgIpc) is 2.14. The Kier molecular flexibility index (Phi) is 4.10. The normalized spacial score (nSPS) is 12.6. The fourth-order valence-corrected chi connectivity index (χ4v) is 1.46. The summed E-state index contributed by atoms with van der Waals surface area (Å²) in [5, 5.41) is 12.1. The predicted molar refractivity (Wildman–Crippen MR) is 56.4 cm³/mol. The van der Waals surface area contributed by atoms with Crippen molar-refractivity contribution in [3.63, 3.8) is 0 Å². The van der Waals surface area contributed by atoms with E-state index in [2.05, 4.69) is 5.23 Å². The highest BCUT2D eigenvalue weighted by Crippen LogP contribution is 2.17. The van der Waals surface area contributed by atoms with Gasteiger partial charge in [0.05, 0.1) is 0 Å². The van der Waals surface area contributed by atoms with Gasteiger partial charge in [-0.2, -0.15) is 0 Å². The van der Waals surface area contributed by atoms with Gasteiger partial charge in [-0.3, -0.25) is 0 Å². The van der Waals surface area contributed by atoms with Crippen molar-refractivity contribution in [2.24, 2.45) is 0 Å². The topological polar surface area (TPSA) is 32.3 Å². The van der Waals surface area contributed by atoms with Crippen molar-refractivity contribution in [3.05, 3.63) is 35.6 Å². The second kappa shape index (κ2) is 5.12. The van der Waals surface area contributed by atoms with Crippen LogP contribution in [-0.2, 0) is 0 Å². The molecule has 0 amide bonds. The number of rotatable bonds is 4. The van der Waals surface area contributed by atoms with Crippen LogP contribution in [0.15, 0.2) is 24.3 Å². The average molecular weight is 195 g/mol. The second-order valence-corrected chi connectivity index (χ2v) is 3.36. The molecule has 0 heterocycles. The van der Waals surface area contributed by atoms with Crippen LogP contribution in [0.25, 0.3) is 0 Å². The number of hydrogen-bond acceptors (Lipinski definition) is 2. The Hall–Kier alpha value is -0.865. The molecule has 76 valence electrons. The fraction of sp³-hybridized carbons (Fsp3) is 0.400. The zero-order valence-corrected chi connectivity index (χ0v) is 8.50. The van der Waals surface area contributed by atoms with Crippen LogP contribution in [0.4, 0.5) is 4.39 Å². The van der Waals surface area contributed by atoms with Crippen molar-refractivity contribution in [1.29, 1.82) is 0 Å². The minimum atomic E-state index is -0.580. The van der Waals surface area contributed by atoms with Crippen LogP contribution >= 0.6 is 0 Å². The van der Waals surface area contributed by atoms with E-state index in [-0.39, 0.29) is 11.9 Å². The van der Waals surface area contributed by atoms with Crippen LogP contribution < -0.4 is 5.23 Å². The third-order valence-corrected chi connectivity index (χ3v) is 2.10. The van der Waals surface area contributed by atoms with E-state index in [0.29, 0.717) is 0 Å². The third kappa shape index (κ3) is 3.12. The minimum absolute atomic E-state index is 0.00528. The summed E-state index contributed by atoms with van der Waals surface area (Å²) in [6.07, 6.45) is 0.814. The van der Waals surface area contributed by atoms with Crippen LogP contribution in [0.1, 0.15) is 24.9 Å². The Morgan fingerprint density at radius 3 is 2.79 bits per heavy atom. The molecule has 1 unspecified atom stereocenters. The van der Waals surface area contributed by atoms with E-state index in [1.165, 1.54) is 12.1 Å². The van der Waals surface area contributed by atoms with Gasteiger partial charge in [-0.15, -0.1) is 0 Å². The number of nitrogens with one attached hydrogen (secondary N) is 1. The summed E-state index contributed by atoms with van der Waals surface area (Å²) >= 11 is 0. The number of hydrogen-bond donors (Lipinski definition) is 2. The maximum Gasteiger partial charge on any atom is 0.374 e. The molecule has 0 spiro atoms. The molecule has 0 aliphatic carbocycles. The van der Waals surface area contributed by atoms with E-state index in [1.54, 1.807) is 12.9 Å². The van der Waals surface area contributed by atoms with Crippen molar-refractivity contribution in [2.45, 2.75) is 26.2 Å². The quantitative estimate of drug-likeness (QED) is 0.720. The minimum Gasteiger partial charge on any atom is -0.437 e. The molecule has 0 aromatic heterocycles. The lowest BCUT2D eigenvalue weighted by Gasteiger charge is -2.17. The maximum absolute atomic E-state index is 12.9. The Labute approximate surface area is 84.3 Å². The molecule has 4 heteroatoms. The molecule has 1 aromatic rings. The summed E-state index contributed by atoms with van der Waals surface area (Å²) in [5.41, 5.74) is 0.869. The molecule has 0 bridgehead atoms. The Balaban J connectivity index is 2.78. The van der Waals surface area contributed by atoms with E-state index in [9.17, 15) is 9.41 Å². The summed E-state index contributed by atoms with van der Waals surface area (Å²) in [5.74, 6) is -0.242. The van der Waals surface area contributed by atoms with Crippen molar-refractivity contribution < 1.29 is 9.41 Å². The number of benzene rings is 1. The van der Waals surface area contributed by atoms with Crippen molar-refractivity contribution in [3.8, 4) is 0 Å². The van der Waals surface area contributed by atoms with Gasteiger partial charge in [-0.1, -0.05) is 19.1 Å². The Morgan fingerprint density at radius 2 is 2.29 bits per heavy atom. The Morgan fingerprint density at radius 1 is 1.57 bits per heavy atom. The lowest BCUT2D eigenvalue weighted by atomic mass is 9.85. The van der Waals surface area contributed by atoms with E-state index in [4.69, 9.17) is 0 Å². The van der Waals surface area contributed by atoms with E-state index < -0.39 is 7.05 Å². The molecule has 0 saturated carbocycles. The van der Waals surface area contributed by atoms with Crippen molar-refractivity contribution >= 4 is 7.05 Å². The van der Waals surface area contributed by atoms with Crippen LogP contribution in [0.3, 0.4) is 0 Å². The van der Waals surface area contributed by atoms with Gasteiger partial charge < -0.3 is 10.3 Å². The first-order chi connectivity index (χ1) is 6.63. The summed E-state index contributed by atoms with van der Waals surface area (Å²) in [6.45, 7) is 3.65. The molecule has 0 aliphatic heterocycles. The van der Waals surface area contributed by atoms with Gasteiger partial charge in [0.25, 0.3) is 0 Å². The molecule has 0 saturated heterocycles. The second-order valence-electron chi connectivity index (χ2n) is 3.36. The van der Waals surface area contributed by atoms with E-state index in [1.807, 2.05) is 13.0 Å². The molecule has 1 atom stereocenters. The highest BCUT2D eigenvalue weighted by molar-refractivity contribution is 6.45. The van der Waals surface area contributed by atoms with Crippen LogP contribution in [-0.4, -0.2) is 12.1 Å². The van der Waals surface area contributed by atoms with Gasteiger partial charge in [0, 0.05) is 6.04 Å². The molecule has 14 heavy (non-hydrogen) atoms. The molecule has 0 aliphatic rings. The molecule has 1 aromatic carbocycles. The highest BCUT2D eigenvalue weighted by Gasteiger charge is 2.13. The summed E-state index contributed by atoms with van der Waals surface area (Å²) in [4.78, 5) is 0. The largest absolute Gasteiger partial charge is 0.437 e. The smallest absolute Gasteiger partial charge is 0.374 e. The van der Waals surface area contributed by atoms with Crippen molar-refractivity contribution in [1.82, 2.24) is 5.23 Å². The maximum atomic E-state index is 12.9. The SMILES string of the molecule is CCC(NB(C)O)c1cccc(F)c1. The monoisotopic (exact) mass is 195 g/mol. The van der Waals surface area contributed by atoms with Gasteiger partial charge in [0.2, 0.25) is 0 Å². The first kappa shape index (κ1) is 11.2. The van der Waals surface area contributed by atoms with Crippen LogP contribution in [0.2, 0.25) is 6.82 Å². The summed E-state index contributed by atoms with van der Waals surface area (Å²) in [7, 11) is -0.580. The van der Waals surface area contributed by atoms with E-state index in [0.717, 1.165) is 12.0 Å². The lowest BCUT2D eigenvalue weighted by Crippen LogP contribution is -2.34. The predicted octanol–water partition coefficient (Wildman–Crippen LogP) is 1.98. The summed E-state index contributed by atoms with van der Waals surface area (Å²) < 4.78 is 12.9. The molecule has 2 nitrogen and oxygen atoms in total. The molecule has 0 fully saturated rings.